The van der Waals surface area contributed by atoms with Crippen LogP contribution in [-0.4, -0.2) is 45.1 Å². The van der Waals surface area contributed by atoms with E-state index >= 15 is 0 Å². The molecule has 0 saturated carbocycles. The number of hydrogen-bond donors (Lipinski definition) is 2. The van der Waals surface area contributed by atoms with Gasteiger partial charge in [-0.05, 0) is 26.1 Å². The highest BCUT2D eigenvalue weighted by Gasteiger charge is 2.16. The molecular formula is C25H26N6O2S. The Hall–Kier alpha value is -3.82. The number of thiazole rings is 1. The molecule has 0 bridgehead atoms. The first-order chi connectivity index (χ1) is 16.5. The van der Waals surface area contributed by atoms with E-state index in [4.69, 9.17) is 5.10 Å². The van der Waals surface area contributed by atoms with E-state index in [0.29, 0.717) is 11.6 Å². The van der Waals surface area contributed by atoms with Crippen molar-refractivity contribution in [2.24, 2.45) is 0 Å². The quantitative estimate of drug-likeness (QED) is 0.383. The summed E-state index contributed by atoms with van der Waals surface area (Å²) in [4.78, 5) is 30.6. The predicted octanol–water partition coefficient (Wildman–Crippen LogP) is 3.13. The van der Waals surface area contributed by atoms with Crippen molar-refractivity contribution in [1.29, 1.82) is 0 Å². The first-order valence-electron chi connectivity index (χ1n) is 10.8. The molecule has 2 heterocycles. The molecule has 8 nitrogen and oxygen atoms in total. The maximum atomic E-state index is 12.4. The van der Waals surface area contributed by atoms with Crippen LogP contribution >= 0.6 is 11.3 Å². The van der Waals surface area contributed by atoms with Crippen molar-refractivity contribution in [3.8, 4) is 16.9 Å². The lowest BCUT2D eigenvalue weighted by atomic mass is 10.1. The third-order valence-corrected chi connectivity index (χ3v) is 6.00. The Morgan fingerprint density at radius 1 is 1.00 bits per heavy atom. The van der Waals surface area contributed by atoms with Gasteiger partial charge in [-0.2, -0.15) is 5.10 Å². The van der Waals surface area contributed by atoms with Crippen molar-refractivity contribution in [3.05, 3.63) is 88.5 Å². The van der Waals surface area contributed by atoms with Crippen molar-refractivity contribution in [2.75, 3.05) is 13.6 Å². The molecule has 2 aromatic heterocycles. The second kappa shape index (κ2) is 10.9. The molecule has 2 aromatic carbocycles. The summed E-state index contributed by atoms with van der Waals surface area (Å²) in [5.74, 6) is -0.608. The number of carbonyl (C=O) groups is 2. The molecular weight excluding hydrogens is 448 g/mol. The van der Waals surface area contributed by atoms with Gasteiger partial charge in [-0.25, -0.2) is 9.67 Å². The van der Waals surface area contributed by atoms with Gasteiger partial charge >= 0.3 is 0 Å². The topological polar surface area (TPSA) is 92.2 Å². The second-order valence-electron chi connectivity index (χ2n) is 7.98. The maximum Gasteiger partial charge on any atom is 0.252 e. The van der Waals surface area contributed by atoms with Crippen LogP contribution in [0.3, 0.4) is 0 Å². The minimum absolute atomic E-state index is 0.112. The Bertz CT molecular complexity index is 1250. The molecule has 4 aromatic rings. The Morgan fingerprint density at radius 3 is 2.35 bits per heavy atom. The number of aromatic nitrogens is 3. The van der Waals surface area contributed by atoms with E-state index in [-0.39, 0.29) is 24.8 Å². The van der Waals surface area contributed by atoms with Gasteiger partial charge in [0.2, 0.25) is 5.91 Å². The van der Waals surface area contributed by atoms with Gasteiger partial charge in [-0.1, -0.05) is 48.5 Å². The van der Waals surface area contributed by atoms with E-state index in [1.54, 1.807) is 0 Å². The van der Waals surface area contributed by atoms with Crippen LogP contribution in [0.4, 0.5) is 0 Å². The Morgan fingerprint density at radius 2 is 1.68 bits per heavy atom. The number of nitrogens with one attached hydrogen (secondary N) is 2. The Labute approximate surface area is 202 Å². The fourth-order valence-corrected chi connectivity index (χ4v) is 4.28. The third-order valence-electron chi connectivity index (χ3n) is 5.03. The van der Waals surface area contributed by atoms with Crippen LogP contribution in [0.2, 0.25) is 0 Å². The number of aryl methyl sites for hydroxylation is 1. The van der Waals surface area contributed by atoms with Crippen LogP contribution in [0.15, 0.2) is 72.2 Å². The van der Waals surface area contributed by atoms with E-state index in [1.165, 1.54) is 11.3 Å². The van der Waals surface area contributed by atoms with Gasteiger partial charge < -0.3 is 0 Å². The van der Waals surface area contributed by atoms with Gasteiger partial charge in [0.05, 0.1) is 24.3 Å². The summed E-state index contributed by atoms with van der Waals surface area (Å²) in [5.41, 5.74) is 9.65. The molecule has 4 rings (SSSR count). The van der Waals surface area contributed by atoms with Gasteiger partial charge in [-0.15, -0.1) is 11.3 Å². The first kappa shape index (κ1) is 23.3. The lowest BCUT2D eigenvalue weighted by Crippen LogP contribution is -2.46. The minimum atomic E-state index is -0.305. The average Bonchev–Trinajstić information content (AvgIpc) is 3.44. The second-order valence-corrected chi connectivity index (χ2v) is 8.92. The molecule has 0 radical (unpaired) electrons. The average molecular weight is 475 g/mol. The molecule has 0 aliphatic heterocycles. The summed E-state index contributed by atoms with van der Waals surface area (Å²) in [7, 11) is 1.86. The van der Waals surface area contributed by atoms with E-state index in [9.17, 15) is 9.59 Å². The molecule has 0 aliphatic rings. The largest absolute Gasteiger partial charge is 0.293 e. The Kier molecular flexibility index (Phi) is 7.46. The number of likely N-dealkylation sites (N-methyl/N-ethyl adjacent to an activating group) is 1. The van der Waals surface area contributed by atoms with Crippen LogP contribution in [0.5, 0.6) is 0 Å². The van der Waals surface area contributed by atoms with E-state index in [2.05, 4.69) is 15.8 Å². The molecule has 174 valence electrons. The van der Waals surface area contributed by atoms with E-state index in [0.717, 1.165) is 28.2 Å². The van der Waals surface area contributed by atoms with Gasteiger partial charge in [-0.3, -0.25) is 25.3 Å². The third kappa shape index (κ3) is 6.15. The number of carbonyl (C=O) groups excluding carboxylic acids is 2. The fraction of sp³-hybridized carbons (Fsp3) is 0.200. The summed E-state index contributed by atoms with van der Waals surface area (Å²) in [6.45, 7) is 2.50. The normalized spacial score (nSPS) is 10.9. The highest BCUT2D eigenvalue weighted by Crippen LogP contribution is 2.24. The number of rotatable bonds is 8. The van der Waals surface area contributed by atoms with Crippen molar-refractivity contribution >= 4 is 23.2 Å². The summed E-state index contributed by atoms with van der Waals surface area (Å²) < 4.78 is 1.85. The summed E-state index contributed by atoms with van der Waals surface area (Å²) in [5, 5.41) is 7.41. The molecule has 9 heteroatoms. The van der Waals surface area contributed by atoms with Crippen molar-refractivity contribution in [1.82, 2.24) is 30.5 Å². The van der Waals surface area contributed by atoms with Gasteiger partial charge in [0, 0.05) is 34.9 Å². The minimum Gasteiger partial charge on any atom is -0.293 e. The molecule has 0 unspecified atom stereocenters. The number of hydrogen-bond acceptors (Lipinski definition) is 6. The molecule has 0 spiro atoms. The lowest BCUT2D eigenvalue weighted by molar-refractivity contribution is -0.129. The van der Waals surface area contributed by atoms with Crippen LogP contribution in [-0.2, 0) is 22.6 Å². The highest BCUT2D eigenvalue weighted by molar-refractivity contribution is 7.09. The highest BCUT2D eigenvalue weighted by atomic mass is 32.1. The molecule has 34 heavy (non-hydrogen) atoms. The van der Waals surface area contributed by atoms with Crippen LogP contribution < -0.4 is 10.9 Å². The SMILES string of the molecule is Cc1csc(CC(=O)NNC(=O)CN(C)Cc2cn(-c3ccccc3)nc2-c2ccccc2)n1. The standard InChI is InChI=1S/C25H26N6O2S/c1-18-17-34-24(26-18)13-22(32)27-28-23(33)16-30(2)14-20-15-31(21-11-7-4-8-12-21)29-25(20)19-9-5-3-6-10-19/h3-12,15,17H,13-14,16H2,1-2H3,(H,27,32)(H,28,33). The molecule has 0 aliphatic carbocycles. The number of hydrazine groups is 1. The zero-order valence-corrected chi connectivity index (χ0v) is 19.9. The monoisotopic (exact) mass is 474 g/mol. The van der Waals surface area contributed by atoms with Crippen molar-refractivity contribution in [2.45, 2.75) is 19.9 Å². The molecule has 0 saturated heterocycles. The lowest BCUT2D eigenvalue weighted by Gasteiger charge is -2.16. The molecule has 0 fully saturated rings. The summed E-state index contributed by atoms with van der Waals surface area (Å²) in [6.07, 6.45) is 2.12. The van der Waals surface area contributed by atoms with Crippen molar-refractivity contribution in [3.63, 3.8) is 0 Å². The van der Waals surface area contributed by atoms with Gasteiger partial charge in [0.15, 0.2) is 0 Å². The number of nitrogens with zero attached hydrogens (tertiary/aromatic N) is 4. The molecule has 2 N–H and O–H groups in total. The van der Waals surface area contributed by atoms with Crippen LogP contribution in [0.25, 0.3) is 16.9 Å². The maximum absolute atomic E-state index is 12.4. The van der Waals surface area contributed by atoms with Crippen LogP contribution in [0.1, 0.15) is 16.3 Å². The zero-order valence-electron chi connectivity index (χ0n) is 19.1. The molecule has 2 amide bonds. The summed E-state index contributed by atoms with van der Waals surface area (Å²) in [6, 6.07) is 19.9. The van der Waals surface area contributed by atoms with Crippen molar-refractivity contribution < 1.29 is 9.59 Å². The number of para-hydroxylation sites is 1. The summed E-state index contributed by atoms with van der Waals surface area (Å²) >= 11 is 1.42. The molecule has 0 atom stereocenters. The first-order valence-corrected chi connectivity index (χ1v) is 11.7. The Balaban J connectivity index is 1.38. The predicted molar refractivity (Wildman–Crippen MR) is 132 cm³/mol. The number of benzene rings is 2. The smallest absolute Gasteiger partial charge is 0.252 e. The zero-order chi connectivity index (χ0) is 23.9. The number of amides is 2. The van der Waals surface area contributed by atoms with Gasteiger partial charge in [0.1, 0.15) is 5.01 Å². The fourth-order valence-electron chi connectivity index (χ4n) is 3.51. The van der Waals surface area contributed by atoms with Gasteiger partial charge in [0.25, 0.3) is 5.91 Å². The van der Waals surface area contributed by atoms with E-state index < -0.39 is 0 Å². The van der Waals surface area contributed by atoms with Crippen LogP contribution in [0, 0.1) is 6.92 Å². The van der Waals surface area contributed by atoms with E-state index in [1.807, 2.05) is 95.8 Å².